The number of alkyl halides is 1. The predicted octanol–water partition coefficient (Wildman–Crippen LogP) is 14.0. The summed E-state index contributed by atoms with van der Waals surface area (Å²) in [5, 5.41) is 0.0799. The third-order valence-corrected chi connectivity index (χ3v) is 7.59. The Morgan fingerprint density at radius 1 is 0.465 bits per heavy atom. The Morgan fingerprint density at radius 3 is 1.23 bits per heavy atom. The summed E-state index contributed by atoms with van der Waals surface area (Å²) < 4.78 is 0. The van der Waals surface area contributed by atoms with Crippen molar-refractivity contribution in [2.45, 2.75) is 147 Å². The number of rotatable bonds is 30. The van der Waals surface area contributed by atoms with Crippen molar-refractivity contribution in [3.63, 3.8) is 0 Å². The molecule has 0 saturated heterocycles. The van der Waals surface area contributed by atoms with Gasteiger partial charge in [-0.2, -0.15) is 0 Å². The number of hydrogen-bond donors (Lipinski definition) is 0. The van der Waals surface area contributed by atoms with Gasteiger partial charge in [-0.05, 0) is 114 Å². The fourth-order valence-electron chi connectivity index (χ4n) is 4.37. The zero-order chi connectivity index (χ0) is 31.3. The first-order chi connectivity index (χ1) is 21.2. The van der Waals surface area contributed by atoms with Crippen LogP contribution in [0.3, 0.4) is 0 Å². The Labute approximate surface area is 276 Å². The topological polar surface area (TPSA) is 17.1 Å². The molecule has 0 bridgehead atoms. The summed E-state index contributed by atoms with van der Waals surface area (Å²) in [6, 6.07) is 0. The van der Waals surface area contributed by atoms with Crippen molar-refractivity contribution < 1.29 is 4.79 Å². The fourth-order valence-corrected chi connectivity index (χ4v) is 4.82. The van der Waals surface area contributed by atoms with Crippen LogP contribution in [-0.4, -0.2) is 10.6 Å². The Kier molecular flexibility index (Phi) is 34.8. The van der Waals surface area contributed by atoms with Gasteiger partial charge in [-0.15, -0.1) is 11.6 Å². The predicted molar refractivity (Wildman–Crippen MR) is 196 cm³/mol. The van der Waals surface area contributed by atoms with Crippen LogP contribution < -0.4 is 0 Å². The van der Waals surface area contributed by atoms with Crippen molar-refractivity contribution in [3.05, 3.63) is 97.2 Å². The molecule has 0 spiro atoms. The van der Waals surface area contributed by atoms with E-state index in [1.807, 2.05) is 0 Å². The van der Waals surface area contributed by atoms with Gasteiger partial charge in [0, 0.05) is 11.8 Å². The summed E-state index contributed by atoms with van der Waals surface area (Å²) in [6.07, 6.45) is 58.9. The highest BCUT2D eigenvalue weighted by Crippen LogP contribution is 2.16. The van der Waals surface area contributed by atoms with Crippen LogP contribution in [0.2, 0.25) is 0 Å². The van der Waals surface area contributed by atoms with Crippen molar-refractivity contribution in [2.75, 3.05) is 0 Å². The molecule has 0 aliphatic carbocycles. The summed E-state index contributed by atoms with van der Waals surface area (Å²) in [6.45, 7) is 2.25. The lowest BCUT2D eigenvalue weighted by molar-refractivity contribution is -0.111. The van der Waals surface area contributed by atoms with Crippen molar-refractivity contribution in [1.82, 2.24) is 0 Å². The molecule has 0 heterocycles. The van der Waals surface area contributed by atoms with E-state index in [1.54, 1.807) is 0 Å². The first-order valence-electron chi connectivity index (χ1n) is 17.2. The van der Waals surface area contributed by atoms with Gasteiger partial charge in [0.05, 0.1) is 0 Å². The number of unbranched alkanes of at least 4 members (excludes halogenated alkanes) is 8. The van der Waals surface area contributed by atoms with E-state index in [4.69, 9.17) is 23.2 Å². The van der Waals surface area contributed by atoms with Gasteiger partial charge >= 0.3 is 0 Å². The van der Waals surface area contributed by atoms with Crippen molar-refractivity contribution in [3.8, 4) is 0 Å². The van der Waals surface area contributed by atoms with E-state index in [1.165, 1.54) is 51.4 Å². The molecule has 0 aromatic rings. The average molecular weight is 630 g/mol. The molecule has 0 radical (unpaired) electrons. The van der Waals surface area contributed by atoms with Gasteiger partial charge in [-0.1, -0.05) is 130 Å². The molecule has 0 aromatic heterocycles. The molecule has 0 aliphatic heterocycles. The van der Waals surface area contributed by atoms with Crippen LogP contribution >= 0.6 is 23.2 Å². The maximum absolute atomic E-state index is 10.6. The summed E-state index contributed by atoms with van der Waals surface area (Å²) in [4.78, 5) is 10.6. The molecule has 3 heteroatoms. The van der Waals surface area contributed by atoms with Gasteiger partial charge in [0.1, 0.15) is 0 Å². The average Bonchev–Trinajstić information content (AvgIpc) is 2.99. The Hall–Kier alpha value is -1.83. The maximum Gasteiger partial charge on any atom is 0.221 e. The second kappa shape index (κ2) is 36.4. The van der Waals surface area contributed by atoms with Crippen LogP contribution in [0.1, 0.15) is 142 Å². The molecule has 0 rings (SSSR count). The van der Waals surface area contributed by atoms with Gasteiger partial charge in [0.15, 0.2) is 0 Å². The van der Waals surface area contributed by atoms with E-state index in [-0.39, 0.29) is 5.24 Å². The maximum atomic E-state index is 10.6. The highest BCUT2D eigenvalue weighted by atomic mass is 35.5. The van der Waals surface area contributed by atoms with E-state index in [2.05, 4.69) is 104 Å². The lowest BCUT2D eigenvalue weighted by atomic mass is 10.1. The van der Waals surface area contributed by atoms with Crippen molar-refractivity contribution in [1.29, 1.82) is 0 Å². The fraction of sp³-hybridized carbons (Fsp3) is 0.575. The summed E-state index contributed by atoms with van der Waals surface area (Å²) in [5.41, 5.74) is 0. The lowest BCUT2D eigenvalue weighted by Crippen LogP contribution is -1.98. The Bertz CT molecular complexity index is 841. The third-order valence-electron chi connectivity index (χ3n) is 6.96. The van der Waals surface area contributed by atoms with Gasteiger partial charge < -0.3 is 0 Å². The molecule has 0 fully saturated rings. The number of allylic oxidation sites excluding steroid dienone is 16. The van der Waals surface area contributed by atoms with Crippen molar-refractivity contribution >= 4 is 28.4 Å². The molecule has 0 aliphatic rings. The number of carbonyl (C=O) groups excluding carboxylic acids is 1. The normalized spacial score (nSPS) is 13.7. The molecule has 1 unspecified atom stereocenters. The molecular formula is C40H62Cl2O. The van der Waals surface area contributed by atoms with Crippen LogP contribution in [0.5, 0.6) is 0 Å². The van der Waals surface area contributed by atoms with Gasteiger partial charge in [0.2, 0.25) is 5.24 Å². The van der Waals surface area contributed by atoms with Crippen molar-refractivity contribution in [2.24, 2.45) is 0 Å². The monoisotopic (exact) mass is 628 g/mol. The van der Waals surface area contributed by atoms with E-state index < -0.39 is 0 Å². The van der Waals surface area contributed by atoms with Crippen LogP contribution in [0, 0.1) is 0 Å². The largest absolute Gasteiger partial charge is 0.281 e. The standard InChI is InChI=1S/C40H62Cl2O/c1-2-3-4-5-6-7-8-9-10-12-15-18-21-24-27-30-33-36-39(41)37-34-31-28-25-22-19-16-13-11-14-17-20-23-26-29-32-35-38-40(42)43/h6-7,9-11,13,15,17-20,22,24,26-27,29,39H,2-5,8,12,14,16,21,23,25,28,30-38H2,1H3. The van der Waals surface area contributed by atoms with E-state index in [0.29, 0.717) is 11.8 Å². The van der Waals surface area contributed by atoms with Crippen LogP contribution in [0.4, 0.5) is 0 Å². The Balaban J connectivity index is 3.51. The van der Waals surface area contributed by atoms with Crippen LogP contribution in [0.15, 0.2) is 97.2 Å². The first kappa shape index (κ1) is 41.2. The zero-order valence-corrected chi connectivity index (χ0v) is 28.8. The van der Waals surface area contributed by atoms with Crippen LogP contribution in [-0.2, 0) is 4.79 Å². The molecule has 0 amide bonds. The lowest BCUT2D eigenvalue weighted by Gasteiger charge is -2.07. The molecule has 0 N–H and O–H groups in total. The summed E-state index contributed by atoms with van der Waals surface area (Å²) in [7, 11) is 0. The molecule has 1 atom stereocenters. The zero-order valence-electron chi connectivity index (χ0n) is 27.3. The molecular weight excluding hydrogens is 567 g/mol. The summed E-state index contributed by atoms with van der Waals surface area (Å²) in [5.74, 6) is 0. The van der Waals surface area contributed by atoms with Gasteiger partial charge in [-0.3, -0.25) is 4.79 Å². The van der Waals surface area contributed by atoms with E-state index >= 15 is 0 Å². The SMILES string of the molecule is CCCCCC=CCC=CCC=CCC=CCCCC(Cl)CCCCCC=CCC=CCC=CCC=CCCCC(=O)Cl. The van der Waals surface area contributed by atoms with E-state index in [9.17, 15) is 4.79 Å². The highest BCUT2D eigenvalue weighted by Gasteiger charge is 2.03. The molecule has 0 aromatic carbocycles. The summed E-state index contributed by atoms with van der Waals surface area (Å²) >= 11 is 11.9. The number of carbonyl (C=O) groups is 1. The minimum atomic E-state index is -0.244. The van der Waals surface area contributed by atoms with Gasteiger partial charge in [0.25, 0.3) is 0 Å². The quantitative estimate of drug-likeness (QED) is 0.0334. The minimum absolute atomic E-state index is 0.244. The molecule has 43 heavy (non-hydrogen) atoms. The second-order valence-electron chi connectivity index (χ2n) is 11.1. The molecule has 1 nitrogen and oxygen atoms in total. The number of hydrogen-bond acceptors (Lipinski definition) is 1. The van der Waals surface area contributed by atoms with Gasteiger partial charge in [-0.25, -0.2) is 0 Å². The second-order valence-corrected chi connectivity index (χ2v) is 12.1. The molecule has 242 valence electrons. The first-order valence-corrected chi connectivity index (χ1v) is 18.0. The highest BCUT2D eigenvalue weighted by molar-refractivity contribution is 6.63. The smallest absolute Gasteiger partial charge is 0.221 e. The van der Waals surface area contributed by atoms with Crippen LogP contribution in [0.25, 0.3) is 0 Å². The molecule has 0 saturated carbocycles. The van der Waals surface area contributed by atoms with E-state index in [0.717, 1.165) is 77.0 Å². The number of halogens is 2. The minimum Gasteiger partial charge on any atom is -0.281 e. The Morgan fingerprint density at radius 2 is 0.814 bits per heavy atom. The third kappa shape index (κ3) is 38.1.